The van der Waals surface area contributed by atoms with Crippen LogP contribution in [0.3, 0.4) is 0 Å². The van der Waals surface area contributed by atoms with Crippen LogP contribution in [0.25, 0.3) is 0 Å². The molecule has 0 saturated carbocycles. The maximum atomic E-state index is 12.2. The molecule has 1 aromatic carbocycles. The number of carbonyl (C=O) groups is 2. The number of fused-ring (bicyclic) bond motifs is 2. The topological polar surface area (TPSA) is 84.2 Å². The van der Waals surface area contributed by atoms with Gasteiger partial charge in [-0.1, -0.05) is 12.1 Å². The van der Waals surface area contributed by atoms with E-state index >= 15 is 0 Å². The number of nitrogens with two attached hydrogens (primary N) is 1. The zero-order valence-electron chi connectivity index (χ0n) is 12.4. The second-order valence-electron chi connectivity index (χ2n) is 6.14. The summed E-state index contributed by atoms with van der Waals surface area (Å²) in [5, 5.41) is 6.40. The molecule has 4 N–H and O–H groups in total. The van der Waals surface area contributed by atoms with Crippen molar-refractivity contribution in [2.24, 2.45) is 11.7 Å². The number of benzene rings is 1. The highest BCUT2D eigenvalue weighted by Crippen LogP contribution is 2.32. The van der Waals surface area contributed by atoms with Gasteiger partial charge in [0, 0.05) is 18.5 Å². The standard InChI is InChI=1S/C16H21N3O2.ClH/c17-16(21)13-3-1-2-4-14(13)19-15(20)9-10-7-11-5-6-12(8-10)18-11;/h1-4,10-12,18H,5-9H2,(H2,17,21)(H,19,20);1H. The molecule has 5 nitrogen and oxygen atoms in total. The van der Waals surface area contributed by atoms with Gasteiger partial charge in [0.1, 0.15) is 0 Å². The van der Waals surface area contributed by atoms with Gasteiger partial charge in [-0.2, -0.15) is 0 Å². The van der Waals surface area contributed by atoms with Crippen LogP contribution >= 0.6 is 12.4 Å². The Labute approximate surface area is 136 Å². The van der Waals surface area contributed by atoms with Gasteiger partial charge in [0.15, 0.2) is 0 Å². The number of anilines is 1. The lowest BCUT2D eigenvalue weighted by molar-refractivity contribution is -0.117. The summed E-state index contributed by atoms with van der Waals surface area (Å²) in [6.45, 7) is 0. The Bertz CT molecular complexity index is 552. The van der Waals surface area contributed by atoms with Crippen LogP contribution < -0.4 is 16.4 Å². The molecule has 22 heavy (non-hydrogen) atoms. The number of primary amides is 1. The molecule has 0 aliphatic carbocycles. The molecule has 0 spiro atoms. The summed E-state index contributed by atoms with van der Waals surface area (Å²) >= 11 is 0. The first kappa shape index (κ1) is 16.8. The summed E-state index contributed by atoms with van der Waals surface area (Å²) in [5.41, 5.74) is 6.18. The first-order chi connectivity index (χ1) is 10.1. The summed E-state index contributed by atoms with van der Waals surface area (Å²) in [6, 6.07) is 8.03. The summed E-state index contributed by atoms with van der Waals surface area (Å²) in [6.07, 6.45) is 5.12. The Balaban J connectivity index is 0.00000176. The smallest absolute Gasteiger partial charge is 0.250 e. The molecule has 3 rings (SSSR count). The van der Waals surface area contributed by atoms with Crippen LogP contribution in [0, 0.1) is 5.92 Å². The van der Waals surface area contributed by atoms with Crippen LogP contribution in [0.4, 0.5) is 5.69 Å². The largest absolute Gasteiger partial charge is 0.366 e. The molecule has 2 fully saturated rings. The number of nitrogens with one attached hydrogen (secondary N) is 2. The van der Waals surface area contributed by atoms with Crippen LogP contribution in [0.1, 0.15) is 42.5 Å². The highest BCUT2D eigenvalue weighted by molar-refractivity contribution is 6.03. The van der Waals surface area contributed by atoms with Crippen LogP contribution in [-0.2, 0) is 4.79 Å². The van der Waals surface area contributed by atoms with Gasteiger partial charge in [-0.15, -0.1) is 12.4 Å². The zero-order chi connectivity index (χ0) is 14.8. The van der Waals surface area contributed by atoms with Crippen LogP contribution in [-0.4, -0.2) is 23.9 Å². The van der Waals surface area contributed by atoms with Gasteiger partial charge in [-0.25, -0.2) is 0 Å². The number of para-hydroxylation sites is 1. The summed E-state index contributed by atoms with van der Waals surface area (Å²) in [4.78, 5) is 23.6. The van der Waals surface area contributed by atoms with Gasteiger partial charge in [-0.3, -0.25) is 9.59 Å². The third kappa shape index (κ3) is 3.78. The molecule has 2 amide bonds. The van der Waals surface area contributed by atoms with Gasteiger partial charge < -0.3 is 16.4 Å². The lowest BCUT2D eigenvalue weighted by Gasteiger charge is -2.28. The molecule has 2 atom stereocenters. The zero-order valence-corrected chi connectivity index (χ0v) is 13.2. The third-order valence-electron chi connectivity index (χ3n) is 4.51. The molecule has 2 aliphatic rings. The predicted molar refractivity (Wildman–Crippen MR) is 88.1 cm³/mol. The fourth-order valence-corrected chi connectivity index (χ4v) is 3.61. The second kappa shape index (κ2) is 7.11. The van der Waals surface area contributed by atoms with Gasteiger partial charge >= 0.3 is 0 Å². The van der Waals surface area contributed by atoms with E-state index in [4.69, 9.17) is 5.73 Å². The van der Waals surface area contributed by atoms with Crippen molar-refractivity contribution in [3.63, 3.8) is 0 Å². The van der Waals surface area contributed by atoms with Crippen molar-refractivity contribution >= 4 is 29.9 Å². The molecule has 6 heteroatoms. The van der Waals surface area contributed by atoms with Crippen molar-refractivity contribution in [1.29, 1.82) is 0 Å². The Morgan fingerprint density at radius 2 is 1.82 bits per heavy atom. The molecule has 120 valence electrons. The summed E-state index contributed by atoms with van der Waals surface area (Å²) in [7, 11) is 0. The van der Waals surface area contributed by atoms with Gasteiger partial charge in [-0.05, 0) is 43.7 Å². The van der Waals surface area contributed by atoms with Crippen LogP contribution in [0.2, 0.25) is 0 Å². The number of hydrogen-bond acceptors (Lipinski definition) is 3. The lowest BCUT2D eigenvalue weighted by atomic mass is 9.89. The number of hydrogen-bond donors (Lipinski definition) is 3. The fraction of sp³-hybridized carbons (Fsp3) is 0.500. The minimum Gasteiger partial charge on any atom is -0.366 e. The van der Waals surface area contributed by atoms with Crippen molar-refractivity contribution < 1.29 is 9.59 Å². The van der Waals surface area contributed by atoms with E-state index < -0.39 is 5.91 Å². The molecule has 0 aromatic heterocycles. The Morgan fingerprint density at radius 3 is 2.45 bits per heavy atom. The number of carbonyl (C=O) groups excluding carboxylic acids is 2. The molecule has 2 heterocycles. The van der Waals surface area contributed by atoms with E-state index in [0.717, 1.165) is 12.8 Å². The normalized spacial score (nSPS) is 26.1. The number of rotatable bonds is 4. The van der Waals surface area contributed by atoms with E-state index in [1.165, 1.54) is 12.8 Å². The average Bonchev–Trinajstić information content (AvgIpc) is 2.78. The van der Waals surface area contributed by atoms with E-state index in [9.17, 15) is 9.59 Å². The lowest BCUT2D eigenvalue weighted by Crippen LogP contribution is -2.39. The first-order valence-corrected chi connectivity index (χ1v) is 7.56. The molecular formula is C16H22ClN3O2. The van der Waals surface area contributed by atoms with E-state index in [1.54, 1.807) is 24.3 Å². The van der Waals surface area contributed by atoms with Crippen molar-refractivity contribution in [3.05, 3.63) is 29.8 Å². The second-order valence-corrected chi connectivity index (χ2v) is 6.14. The van der Waals surface area contributed by atoms with Gasteiger partial charge in [0.2, 0.25) is 5.91 Å². The maximum absolute atomic E-state index is 12.2. The first-order valence-electron chi connectivity index (χ1n) is 7.56. The van der Waals surface area contributed by atoms with Crippen molar-refractivity contribution in [1.82, 2.24) is 5.32 Å². The molecule has 2 bridgehead atoms. The Hall–Kier alpha value is -1.59. The van der Waals surface area contributed by atoms with E-state index in [-0.39, 0.29) is 18.3 Å². The van der Waals surface area contributed by atoms with Crippen LogP contribution in [0.5, 0.6) is 0 Å². The molecule has 2 saturated heterocycles. The molecule has 0 radical (unpaired) electrons. The molecule has 2 aliphatic heterocycles. The fourth-order valence-electron chi connectivity index (χ4n) is 3.61. The Kier molecular flexibility index (Phi) is 5.42. The number of amides is 2. The third-order valence-corrected chi connectivity index (χ3v) is 4.51. The van der Waals surface area contributed by atoms with E-state index in [1.807, 2.05) is 0 Å². The van der Waals surface area contributed by atoms with E-state index in [0.29, 0.717) is 35.7 Å². The van der Waals surface area contributed by atoms with Gasteiger partial charge in [0.05, 0.1) is 11.3 Å². The maximum Gasteiger partial charge on any atom is 0.250 e. The number of halogens is 1. The minimum atomic E-state index is -0.522. The number of piperidine rings is 1. The average molecular weight is 324 g/mol. The SMILES string of the molecule is Cl.NC(=O)c1ccccc1NC(=O)CC1CC2CCC(C1)N2. The minimum absolute atomic E-state index is 0. The van der Waals surface area contributed by atoms with Crippen molar-refractivity contribution in [2.45, 2.75) is 44.2 Å². The Morgan fingerprint density at radius 1 is 1.18 bits per heavy atom. The van der Waals surface area contributed by atoms with Crippen LogP contribution in [0.15, 0.2) is 24.3 Å². The van der Waals surface area contributed by atoms with E-state index in [2.05, 4.69) is 10.6 Å². The van der Waals surface area contributed by atoms with Gasteiger partial charge in [0.25, 0.3) is 5.91 Å². The van der Waals surface area contributed by atoms with Crippen molar-refractivity contribution in [3.8, 4) is 0 Å². The highest BCUT2D eigenvalue weighted by Gasteiger charge is 2.34. The molecule has 2 unspecified atom stereocenters. The summed E-state index contributed by atoms with van der Waals surface area (Å²) < 4.78 is 0. The molecular weight excluding hydrogens is 302 g/mol. The predicted octanol–water partition coefficient (Wildman–Crippen LogP) is 2.07. The summed E-state index contributed by atoms with van der Waals surface area (Å²) in [5.74, 6) is -0.120. The quantitative estimate of drug-likeness (QED) is 0.793. The highest BCUT2D eigenvalue weighted by atomic mass is 35.5. The van der Waals surface area contributed by atoms with Crippen molar-refractivity contribution in [2.75, 3.05) is 5.32 Å². The molecule has 1 aromatic rings. The monoisotopic (exact) mass is 323 g/mol.